The van der Waals surface area contributed by atoms with Crippen molar-refractivity contribution in [2.24, 2.45) is 0 Å². The van der Waals surface area contributed by atoms with Gasteiger partial charge in [-0.2, -0.15) is 13.2 Å². The number of halogens is 3. The van der Waals surface area contributed by atoms with Gasteiger partial charge in [0.25, 0.3) is 0 Å². The number of alkyl halides is 3. The topological polar surface area (TPSA) is 51.1 Å². The van der Waals surface area contributed by atoms with E-state index in [1.54, 1.807) is 18.6 Å². The van der Waals surface area contributed by atoms with Gasteiger partial charge in [0.2, 0.25) is 0 Å². The number of anilines is 1. The van der Waals surface area contributed by atoms with Crippen molar-refractivity contribution in [1.29, 1.82) is 0 Å². The second-order valence-corrected chi connectivity index (χ2v) is 6.79. The van der Waals surface area contributed by atoms with Crippen LogP contribution in [0.4, 0.5) is 19.0 Å². The maximum absolute atomic E-state index is 12.9. The molecule has 1 aromatic carbocycles. The van der Waals surface area contributed by atoms with Crippen molar-refractivity contribution >= 4 is 5.82 Å². The molecule has 1 saturated heterocycles. The van der Waals surface area contributed by atoms with Gasteiger partial charge < -0.3 is 9.64 Å². The summed E-state index contributed by atoms with van der Waals surface area (Å²) in [5, 5.41) is 0. The van der Waals surface area contributed by atoms with Crippen LogP contribution in [0.2, 0.25) is 0 Å². The predicted octanol–water partition coefficient (Wildman–Crippen LogP) is 4.37. The number of hydrogen-bond donors (Lipinski definition) is 0. The van der Waals surface area contributed by atoms with Gasteiger partial charge in [-0.25, -0.2) is 4.98 Å². The Morgan fingerprint density at radius 1 is 0.966 bits per heavy atom. The number of benzene rings is 1. The van der Waals surface area contributed by atoms with Crippen LogP contribution in [0.5, 0.6) is 0 Å². The molecule has 4 rings (SSSR count). The minimum Gasteiger partial charge on any atom is -0.378 e. The van der Waals surface area contributed by atoms with Crippen LogP contribution < -0.4 is 4.90 Å². The van der Waals surface area contributed by atoms with Crippen LogP contribution in [-0.4, -0.2) is 41.3 Å². The molecule has 0 aliphatic carbocycles. The lowest BCUT2D eigenvalue weighted by atomic mass is 10.0. The number of hydrogen-bond acceptors (Lipinski definition) is 5. The van der Waals surface area contributed by atoms with Crippen molar-refractivity contribution in [2.75, 3.05) is 31.2 Å². The molecular formula is C21H19F3N4O. The molecule has 1 aliphatic rings. The Balaban J connectivity index is 1.81. The minimum atomic E-state index is -4.38. The van der Waals surface area contributed by atoms with E-state index in [-0.39, 0.29) is 0 Å². The van der Waals surface area contributed by atoms with E-state index in [9.17, 15) is 13.2 Å². The second-order valence-electron chi connectivity index (χ2n) is 6.79. The van der Waals surface area contributed by atoms with Gasteiger partial charge in [0.15, 0.2) is 0 Å². The number of pyridine rings is 1. The van der Waals surface area contributed by atoms with Crippen LogP contribution in [0, 0.1) is 6.92 Å². The summed E-state index contributed by atoms with van der Waals surface area (Å²) in [7, 11) is 0. The zero-order valence-corrected chi connectivity index (χ0v) is 15.8. The van der Waals surface area contributed by atoms with Gasteiger partial charge in [-0.05, 0) is 30.7 Å². The molecule has 0 spiro atoms. The third-order valence-electron chi connectivity index (χ3n) is 4.86. The van der Waals surface area contributed by atoms with E-state index in [1.165, 1.54) is 12.1 Å². The molecule has 3 heterocycles. The summed E-state index contributed by atoms with van der Waals surface area (Å²) in [5.41, 5.74) is 2.79. The van der Waals surface area contributed by atoms with Gasteiger partial charge in [-0.1, -0.05) is 12.1 Å². The second kappa shape index (κ2) is 7.79. The van der Waals surface area contributed by atoms with E-state index in [0.29, 0.717) is 43.3 Å². The Morgan fingerprint density at radius 2 is 1.69 bits per heavy atom. The highest BCUT2D eigenvalue weighted by molar-refractivity contribution is 5.80. The Kier molecular flexibility index (Phi) is 5.19. The summed E-state index contributed by atoms with van der Waals surface area (Å²) in [4.78, 5) is 15.6. The van der Waals surface area contributed by atoms with Gasteiger partial charge >= 0.3 is 6.18 Å². The molecule has 1 fully saturated rings. The molecule has 0 bridgehead atoms. The molecule has 8 heteroatoms. The molecule has 0 saturated carbocycles. The highest BCUT2D eigenvalue weighted by Gasteiger charge is 2.30. The van der Waals surface area contributed by atoms with E-state index in [0.717, 1.165) is 29.1 Å². The quantitative estimate of drug-likeness (QED) is 0.654. The van der Waals surface area contributed by atoms with E-state index < -0.39 is 11.7 Å². The maximum Gasteiger partial charge on any atom is 0.416 e. The molecule has 1 aliphatic heterocycles. The monoisotopic (exact) mass is 400 g/mol. The van der Waals surface area contributed by atoms with Crippen molar-refractivity contribution in [3.8, 4) is 22.5 Å². The fourth-order valence-corrected chi connectivity index (χ4v) is 3.28. The molecule has 5 nitrogen and oxygen atoms in total. The summed E-state index contributed by atoms with van der Waals surface area (Å²) in [6, 6.07) is 6.84. The average Bonchev–Trinajstić information content (AvgIpc) is 2.74. The first-order valence-corrected chi connectivity index (χ1v) is 9.22. The molecule has 2 aromatic heterocycles. The Morgan fingerprint density at radius 3 is 2.34 bits per heavy atom. The number of aromatic nitrogens is 3. The summed E-state index contributed by atoms with van der Waals surface area (Å²) >= 11 is 0. The molecule has 0 radical (unpaired) electrons. The number of nitrogens with zero attached hydrogens (tertiary/aromatic N) is 4. The molecule has 150 valence electrons. The maximum atomic E-state index is 12.9. The summed E-state index contributed by atoms with van der Waals surface area (Å²) in [6.07, 6.45) is 0.685. The van der Waals surface area contributed by atoms with Crippen LogP contribution in [0.3, 0.4) is 0 Å². The predicted molar refractivity (Wildman–Crippen MR) is 103 cm³/mol. The lowest BCUT2D eigenvalue weighted by Crippen LogP contribution is -2.36. The van der Waals surface area contributed by atoms with Crippen LogP contribution >= 0.6 is 0 Å². The van der Waals surface area contributed by atoms with E-state index in [2.05, 4.69) is 14.9 Å². The van der Waals surface area contributed by atoms with Gasteiger partial charge in [0.1, 0.15) is 5.82 Å². The van der Waals surface area contributed by atoms with Crippen molar-refractivity contribution < 1.29 is 17.9 Å². The van der Waals surface area contributed by atoms with E-state index >= 15 is 0 Å². The fourth-order valence-electron chi connectivity index (χ4n) is 3.28. The van der Waals surface area contributed by atoms with Gasteiger partial charge in [0, 0.05) is 36.6 Å². The first-order valence-electron chi connectivity index (χ1n) is 9.22. The Bertz CT molecular complexity index is 1000. The SMILES string of the molecule is Cc1cnccc1-c1nc(N2CCOCC2)cnc1-c1ccc(C(F)(F)F)cc1. The number of rotatable bonds is 3. The standard InChI is InChI=1S/C21H19F3N4O/c1-14-12-25-7-6-17(14)20-19(15-2-4-16(5-3-15)21(22,23)24)26-13-18(27-20)28-8-10-29-11-9-28/h2-7,12-13H,8-11H2,1H3. The third kappa shape index (κ3) is 4.07. The minimum absolute atomic E-state index is 0.532. The smallest absolute Gasteiger partial charge is 0.378 e. The fraction of sp³-hybridized carbons (Fsp3) is 0.286. The molecular weight excluding hydrogens is 381 g/mol. The van der Waals surface area contributed by atoms with Crippen LogP contribution in [-0.2, 0) is 10.9 Å². The van der Waals surface area contributed by atoms with Crippen molar-refractivity contribution in [2.45, 2.75) is 13.1 Å². The normalized spacial score (nSPS) is 14.8. The lowest BCUT2D eigenvalue weighted by Gasteiger charge is -2.28. The first-order chi connectivity index (χ1) is 13.9. The van der Waals surface area contributed by atoms with E-state index in [1.807, 2.05) is 13.0 Å². The lowest BCUT2D eigenvalue weighted by molar-refractivity contribution is -0.137. The zero-order valence-electron chi connectivity index (χ0n) is 15.8. The molecule has 0 unspecified atom stereocenters. The number of morpholine rings is 1. The van der Waals surface area contributed by atoms with Crippen molar-refractivity contribution in [1.82, 2.24) is 15.0 Å². The summed E-state index contributed by atoms with van der Waals surface area (Å²) in [6.45, 7) is 4.58. The molecule has 0 amide bonds. The molecule has 0 N–H and O–H groups in total. The largest absolute Gasteiger partial charge is 0.416 e. The van der Waals surface area contributed by atoms with Crippen LogP contribution in [0.15, 0.2) is 48.9 Å². The number of aryl methyl sites for hydroxylation is 1. The summed E-state index contributed by atoms with van der Waals surface area (Å²) < 4.78 is 44.2. The Hall–Kier alpha value is -3.00. The highest BCUT2D eigenvalue weighted by Crippen LogP contribution is 2.35. The highest BCUT2D eigenvalue weighted by atomic mass is 19.4. The third-order valence-corrected chi connectivity index (χ3v) is 4.86. The molecule has 0 atom stereocenters. The van der Waals surface area contributed by atoms with Gasteiger partial charge in [-0.15, -0.1) is 0 Å². The van der Waals surface area contributed by atoms with Crippen LogP contribution in [0.25, 0.3) is 22.5 Å². The zero-order chi connectivity index (χ0) is 20.4. The number of ether oxygens (including phenoxy) is 1. The van der Waals surface area contributed by atoms with Gasteiger partial charge in [0.05, 0.1) is 36.4 Å². The average molecular weight is 400 g/mol. The van der Waals surface area contributed by atoms with Crippen LogP contribution in [0.1, 0.15) is 11.1 Å². The Labute approximate surface area is 166 Å². The first kappa shape index (κ1) is 19.3. The van der Waals surface area contributed by atoms with Gasteiger partial charge in [-0.3, -0.25) is 9.97 Å². The summed E-state index contributed by atoms with van der Waals surface area (Å²) in [5.74, 6) is 0.718. The van der Waals surface area contributed by atoms with Crippen molar-refractivity contribution in [3.63, 3.8) is 0 Å². The molecule has 3 aromatic rings. The van der Waals surface area contributed by atoms with E-state index in [4.69, 9.17) is 9.72 Å². The van der Waals surface area contributed by atoms with Crippen molar-refractivity contribution in [3.05, 3.63) is 60.0 Å². The molecule has 29 heavy (non-hydrogen) atoms.